The third-order valence-electron chi connectivity index (χ3n) is 7.70. The van der Waals surface area contributed by atoms with E-state index >= 15 is 0 Å². The van der Waals surface area contributed by atoms with Gasteiger partial charge in [0.2, 0.25) is 0 Å². The van der Waals surface area contributed by atoms with Crippen LogP contribution >= 0.6 is 0 Å². The number of hydrogen-bond acceptors (Lipinski definition) is 6. The summed E-state index contributed by atoms with van der Waals surface area (Å²) in [6, 6.07) is 2.92. The van der Waals surface area contributed by atoms with Crippen molar-refractivity contribution in [1.82, 2.24) is 19.3 Å². The molecule has 3 aromatic heterocycles. The van der Waals surface area contributed by atoms with E-state index in [0.717, 1.165) is 36.3 Å². The Bertz CT molecular complexity index is 1460. The van der Waals surface area contributed by atoms with Crippen molar-refractivity contribution in [3.8, 4) is 0 Å². The highest BCUT2D eigenvalue weighted by molar-refractivity contribution is 6.03. The lowest BCUT2D eigenvalue weighted by Crippen LogP contribution is -2.58. The summed E-state index contributed by atoms with van der Waals surface area (Å²) >= 11 is 0. The number of anilines is 3. The molecule has 2 fully saturated rings. The molecule has 11 heteroatoms. The van der Waals surface area contributed by atoms with Crippen LogP contribution in [0.25, 0.3) is 5.65 Å². The Morgan fingerprint density at radius 1 is 1.18 bits per heavy atom. The Morgan fingerprint density at radius 3 is 2.69 bits per heavy atom. The van der Waals surface area contributed by atoms with E-state index in [4.69, 9.17) is 4.74 Å². The van der Waals surface area contributed by atoms with E-state index in [1.54, 1.807) is 27.9 Å². The SMILES string of the molecule is CCc1cn2cc(NC(=O)N3CCc4c(N5CCN(C(=O)OC(C)(C)C)C6(CC6)C5)ccnc43)cc(F)c2n1. The molecule has 5 heterocycles. The second kappa shape index (κ2) is 9.10. The topological polar surface area (TPSA) is 95.3 Å². The number of amides is 3. The highest BCUT2D eigenvalue weighted by atomic mass is 19.1. The molecule has 39 heavy (non-hydrogen) atoms. The van der Waals surface area contributed by atoms with E-state index in [-0.39, 0.29) is 23.3 Å². The lowest BCUT2D eigenvalue weighted by Gasteiger charge is -2.43. The number of pyridine rings is 2. The molecule has 10 nitrogen and oxygen atoms in total. The molecule has 1 N–H and O–H groups in total. The molecule has 1 saturated heterocycles. The van der Waals surface area contributed by atoms with Gasteiger partial charge in [-0.1, -0.05) is 6.92 Å². The minimum atomic E-state index is -0.533. The van der Waals surface area contributed by atoms with Crippen LogP contribution in [0.3, 0.4) is 0 Å². The monoisotopic (exact) mass is 535 g/mol. The van der Waals surface area contributed by atoms with Gasteiger partial charge >= 0.3 is 12.1 Å². The molecule has 0 bridgehead atoms. The number of urea groups is 1. The zero-order chi connectivity index (χ0) is 27.5. The number of fused-ring (bicyclic) bond motifs is 2. The van der Waals surface area contributed by atoms with Crippen molar-refractivity contribution in [2.24, 2.45) is 0 Å². The van der Waals surface area contributed by atoms with E-state index in [2.05, 4.69) is 20.2 Å². The molecule has 0 atom stereocenters. The Hall–Kier alpha value is -3.89. The number of nitrogens with one attached hydrogen (secondary N) is 1. The molecule has 0 radical (unpaired) electrons. The number of aryl methyl sites for hydroxylation is 1. The molecule has 6 rings (SSSR count). The number of imidazole rings is 1. The smallest absolute Gasteiger partial charge is 0.410 e. The summed E-state index contributed by atoms with van der Waals surface area (Å²) in [6.45, 7) is 10.1. The van der Waals surface area contributed by atoms with Crippen LogP contribution in [0.15, 0.2) is 30.7 Å². The average Bonchev–Trinajstić information content (AvgIpc) is 3.30. The van der Waals surface area contributed by atoms with Crippen molar-refractivity contribution in [1.29, 1.82) is 0 Å². The summed E-state index contributed by atoms with van der Waals surface area (Å²) in [7, 11) is 0. The van der Waals surface area contributed by atoms with Gasteiger partial charge in [-0.2, -0.15) is 0 Å². The number of rotatable bonds is 3. The predicted octanol–water partition coefficient (Wildman–Crippen LogP) is 4.62. The number of aromatic nitrogens is 3. The van der Waals surface area contributed by atoms with Crippen LogP contribution in [-0.4, -0.2) is 68.7 Å². The summed E-state index contributed by atoms with van der Waals surface area (Å²) in [4.78, 5) is 40.8. The minimum absolute atomic E-state index is 0.208. The first-order valence-electron chi connectivity index (χ1n) is 13.6. The van der Waals surface area contributed by atoms with E-state index in [1.807, 2.05) is 38.7 Å². The molecule has 3 amide bonds. The highest BCUT2D eigenvalue weighted by Gasteiger charge is 2.54. The van der Waals surface area contributed by atoms with Crippen molar-refractivity contribution in [2.75, 3.05) is 41.3 Å². The Kier molecular flexibility index (Phi) is 5.92. The molecule has 0 unspecified atom stereocenters. The standard InChI is InChI=1S/C28H34FN7O3/c1-5-18-15-34-16-19(14-21(29)24(34)31-18)32-25(37)35-11-7-20-22(6-10-30-23(20)35)33-12-13-36(28(17-33)8-9-28)26(38)39-27(2,3)4/h6,10,14-16H,5,7-9,11-13,17H2,1-4H3,(H,32,37). The zero-order valence-corrected chi connectivity index (χ0v) is 22.8. The molecule has 3 aliphatic rings. The van der Waals surface area contributed by atoms with E-state index in [1.165, 1.54) is 6.07 Å². The van der Waals surface area contributed by atoms with Crippen molar-refractivity contribution < 1.29 is 18.7 Å². The van der Waals surface area contributed by atoms with E-state index in [0.29, 0.717) is 44.0 Å². The van der Waals surface area contributed by atoms with E-state index in [9.17, 15) is 14.0 Å². The molecule has 1 aliphatic carbocycles. The summed E-state index contributed by atoms with van der Waals surface area (Å²) < 4.78 is 21.9. The van der Waals surface area contributed by atoms with Gasteiger partial charge in [0, 0.05) is 62.1 Å². The van der Waals surface area contributed by atoms with Crippen molar-refractivity contribution in [3.05, 3.63) is 47.8 Å². The van der Waals surface area contributed by atoms with Gasteiger partial charge in [0.05, 0.1) is 16.9 Å². The van der Waals surface area contributed by atoms with Crippen LogP contribution in [0.1, 0.15) is 51.8 Å². The van der Waals surface area contributed by atoms with Gasteiger partial charge in [-0.3, -0.25) is 9.80 Å². The van der Waals surface area contributed by atoms with Crippen LogP contribution in [0.4, 0.5) is 31.2 Å². The van der Waals surface area contributed by atoms with Crippen LogP contribution in [0.5, 0.6) is 0 Å². The Balaban J connectivity index is 1.19. The number of piperazine rings is 1. The molecular formula is C28H34FN7O3. The van der Waals surface area contributed by atoms with Crippen molar-refractivity contribution in [3.63, 3.8) is 0 Å². The maximum absolute atomic E-state index is 14.6. The maximum atomic E-state index is 14.6. The van der Waals surface area contributed by atoms with Crippen LogP contribution in [0, 0.1) is 5.82 Å². The lowest BCUT2D eigenvalue weighted by atomic mass is 10.1. The summed E-state index contributed by atoms with van der Waals surface area (Å²) in [5.74, 6) is 0.121. The third kappa shape index (κ3) is 4.63. The third-order valence-corrected chi connectivity index (χ3v) is 7.70. The maximum Gasteiger partial charge on any atom is 0.410 e. The summed E-state index contributed by atoms with van der Waals surface area (Å²) in [5.41, 5.74) is 2.69. The van der Waals surface area contributed by atoms with E-state index < -0.39 is 11.4 Å². The second-order valence-electron chi connectivity index (χ2n) is 11.6. The molecule has 206 valence electrons. The number of hydrogen-bond donors (Lipinski definition) is 1. The number of halogens is 1. The van der Waals surface area contributed by atoms with Gasteiger partial charge in [0.25, 0.3) is 0 Å². The Labute approximate surface area is 226 Å². The Morgan fingerprint density at radius 2 is 1.97 bits per heavy atom. The van der Waals surface area contributed by atoms with Gasteiger partial charge in [-0.05, 0) is 52.5 Å². The summed E-state index contributed by atoms with van der Waals surface area (Å²) in [6.07, 6.45) is 8.16. The molecular weight excluding hydrogens is 501 g/mol. The van der Waals surface area contributed by atoms with Gasteiger partial charge in [0.15, 0.2) is 11.5 Å². The molecule has 3 aromatic rings. The average molecular weight is 536 g/mol. The number of nitrogens with zero attached hydrogens (tertiary/aromatic N) is 6. The number of ether oxygens (including phenoxy) is 1. The second-order valence-corrected chi connectivity index (χ2v) is 11.6. The van der Waals surface area contributed by atoms with Gasteiger partial charge in [-0.25, -0.2) is 23.9 Å². The first-order valence-corrected chi connectivity index (χ1v) is 13.6. The summed E-state index contributed by atoms with van der Waals surface area (Å²) in [5, 5.41) is 2.83. The molecule has 2 aliphatic heterocycles. The van der Waals surface area contributed by atoms with Crippen molar-refractivity contribution in [2.45, 2.75) is 64.5 Å². The lowest BCUT2D eigenvalue weighted by molar-refractivity contribution is 0.0106. The first kappa shape index (κ1) is 25.4. The molecule has 1 saturated carbocycles. The predicted molar refractivity (Wildman–Crippen MR) is 146 cm³/mol. The first-order chi connectivity index (χ1) is 18.6. The van der Waals surface area contributed by atoms with Gasteiger partial charge in [-0.15, -0.1) is 0 Å². The highest BCUT2D eigenvalue weighted by Crippen LogP contribution is 2.47. The normalized spacial score (nSPS) is 18.0. The largest absolute Gasteiger partial charge is 0.444 e. The fourth-order valence-electron chi connectivity index (χ4n) is 5.66. The quantitative estimate of drug-likeness (QED) is 0.526. The zero-order valence-electron chi connectivity index (χ0n) is 22.8. The number of carbonyl (C=O) groups excluding carboxylic acids is 2. The van der Waals surface area contributed by atoms with Crippen molar-refractivity contribution >= 4 is 35.0 Å². The van der Waals surface area contributed by atoms with Crippen LogP contribution in [-0.2, 0) is 17.6 Å². The van der Waals surface area contributed by atoms with Crippen LogP contribution in [0.2, 0.25) is 0 Å². The molecule has 0 aromatic carbocycles. The van der Waals surface area contributed by atoms with Gasteiger partial charge in [0.1, 0.15) is 11.4 Å². The fraction of sp³-hybridized carbons (Fsp3) is 0.500. The van der Waals surface area contributed by atoms with Crippen LogP contribution < -0.4 is 15.1 Å². The van der Waals surface area contributed by atoms with Gasteiger partial charge < -0.3 is 19.4 Å². The fourth-order valence-corrected chi connectivity index (χ4v) is 5.66. The minimum Gasteiger partial charge on any atom is -0.444 e. The number of carbonyl (C=O) groups is 2. The molecule has 1 spiro atoms.